The predicted molar refractivity (Wildman–Crippen MR) is 88.2 cm³/mol. The minimum absolute atomic E-state index is 0.120. The van der Waals surface area contributed by atoms with Gasteiger partial charge in [0.15, 0.2) is 5.71 Å². The van der Waals surface area contributed by atoms with Crippen molar-refractivity contribution in [2.45, 2.75) is 13.8 Å². The molecule has 0 spiro atoms. The van der Waals surface area contributed by atoms with Crippen molar-refractivity contribution >= 4 is 28.7 Å². The number of aliphatic imine (C=N–C) groups is 1. The molecule has 2 rings (SSSR count). The Morgan fingerprint density at radius 3 is 2.45 bits per heavy atom. The van der Waals surface area contributed by atoms with Crippen LogP contribution in [0.3, 0.4) is 0 Å². The van der Waals surface area contributed by atoms with Gasteiger partial charge in [-0.3, -0.25) is 9.79 Å². The fraction of sp³-hybridized carbons (Fsp3) is 0.118. The molecule has 0 heterocycles. The van der Waals surface area contributed by atoms with Crippen molar-refractivity contribution in [1.29, 1.82) is 0 Å². The van der Waals surface area contributed by atoms with E-state index in [2.05, 4.69) is 15.5 Å². The van der Waals surface area contributed by atoms with Crippen molar-refractivity contribution in [1.82, 2.24) is 0 Å². The zero-order chi connectivity index (χ0) is 15.9. The summed E-state index contributed by atoms with van der Waals surface area (Å²) < 4.78 is 0. The van der Waals surface area contributed by atoms with Crippen LogP contribution in [0.2, 0.25) is 0 Å². The molecule has 0 aliphatic heterocycles. The number of carbonyl (C=O) groups is 1. The van der Waals surface area contributed by atoms with Gasteiger partial charge in [-0.05, 0) is 43.7 Å². The van der Waals surface area contributed by atoms with Gasteiger partial charge in [-0.1, -0.05) is 35.5 Å². The molecule has 1 amide bonds. The highest BCUT2D eigenvalue weighted by Gasteiger charge is 2.16. The van der Waals surface area contributed by atoms with Crippen molar-refractivity contribution in [2.24, 2.45) is 10.1 Å². The molecule has 0 aliphatic rings. The summed E-state index contributed by atoms with van der Waals surface area (Å²) in [6.07, 6.45) is 0. The van der Waals surface area contributed by atoms with Crippen molar-refractivity contribution < 1.29 is 10.0 Å². The summed E-state index contributed by atoms with van der Waals surface area (Å²) in [7, 11) is 0. The first-order valence-electron chi connectivity index (χ1n) is 6.81. The third-order valence-electron chi connectivity index (χ3n) is 2.99. The molecule has 0 unspecified atom stereocenters. The molecule has 0 aliphatic carbocycles. The van der Waals surface area contributed by atoms with Gasteiger partial charge in [-0.2, -0.15) is 0 Å². The molecule has 5 heteroatoms. The third-order valence-corrected chi connectivity index (χ3v) is 2.99. The molecule has 2 aromatic rings. The van der Waals surface area contributed by atoms with E-state index in [4.69, 9.17) is 5.21 Å². The van der Waals surface area contributed by atoms with Crippen LogP contribution in [0.15, 0.2) is 64.7 Å². The SMILES string of the molecule is CC(=Nc1cccc(C)c1)C(=NO)C(=O)Nc1ccccc1. The first kappa shape index (κ1) is 15.4. The fourth-order valence-electron chi connectivity index (χ4n) is 1.94. The monoisotopic (exact) mass is 295 g/mol. The summed E-state index contributed by atoms with van der Waals surface area (Å²) in [5, 5.41) is 14.9. The topological polar surface area (TPSA) is 74.0 Å². The van der Waals surface area contributed by atoms with Crippen LogP contribution in [0, 0.1) is 6.92 Å². The number of aryl methyl sites for hydroxylation is 1. The summed E-state index contributed by atoms with van der Waals surface area (Å²) in [4.78, 5) is 16.5. The van der Waals surface area contributed by atoms with E-state index in [1.165, 1.54) is 0 Å². The Balaban J connectivity index is 2.19. The molecule has 0 atom stereocenters. The van der Waals surface area contributed by atoms with E-state index in [0.717, 1.165) is 5.56 Å². The van der Waals surface area contributed by atoms with E-state index in [-0.39, 0.29) is 5.71 Å². The highest BCUT2D eigenvalue weighted by atomic mass is 16.4. The van der Waals surface area contributed by atoms with Gasteiger partial charge in [0.2, 0.25) is 0 Å². The average molecular weight is 295 g/mol. The number of anilines is 1. The third kappa shape index (κ3) is 4.02. The molecular formula is C17H17N3O2. The van der Waals surface area contributed by atoms with Crippen LogP contribution in [0.25, 0.3) is 0 Å². The molecule has 0 saturated carbocycles. The summed E-state index contributed by atoms with van der Waals surface area (Å²) >= 11 is 0. The van der Waals surface area contributed by atoms with Crippen LogP contribution in [0.4, 0.5) is 11.4 Å². The standard InChI is InChI=1S/C17H17N3O2/c1-12-7-6-10-15(11-12)18-13(2)16(20-22)17(21)19-14-8-4-3-5-9-14/h3-11,22H,1-2H3,(H,19,21). The maximum Gasteiger partial charge on any atom is 0.279 e. The van der Waals surface area contributed by atoms with E-state index in [1.807, 2.05) is 37.3 Å². The quantitative estimate of drug-likeness (QED) is 0.514. The lowest BCUT2D eigenvalue weighted by Crippen LogP contribution is -2.28. The van der Waals surface area contributed by atoms with Gasteiger partial charge in [-0.15, -0.1) is 0 Å². The number of nitrogens with zero attached hydrogens (tertiary/aromatic N) is 2. The van der Waals surface area contributed by atoms with Crippen LogP contribution >= 0.6 is 0 Å². The Morgan fingerprint density at radius 1 is 1.09 bits per heavy atom. The number of amides is 1. The van der Waals surface area contributed by atoms with E-state index in [1.54, 1.807) is 31.2 Å². The fourth-order valence-corrected chi connectivity index (χ4v) is 1.94. The van der Waals surface area contributed by atoms with Crippen LogP contribution in [0.5, 0.6) is 0 Å². The maximum absolute atomic E-state index is 12.2. The average Bonchev–Trinajstić information content (AvgIpc) is 2.49. The zero-order valence-electron chi connectivity index (χ0n) is 12.4. The lowest BCUT2D eigenvalue weighted by atomic mass is 10.2. The smallest absolute Gasteiger partial charge is 0.279 e. The molecular weight excluding hydrogens is 278 g/mol. The van der Waals surface area contributed by atoms with Gasteiger partial charge in [0.05, 0.1) is 11.4 Å². The Labute approximate surface area is 129 Å². The van der Waals surface area contributed by atoms with Crippen molar-refractivity contribution in [3.63, 3.8) is 0 Å². The van der Waals surface area contributed by atoms with Crippen molar-refractivity contribution in [2.75, 3.05) is 5.32 Å². The molecule has 5 nitrogen and oxygen atoms in total. The molecule has 112 valence electrons. The predicted octanol–water partition coefficient (Wildman–Crippen LogP) is 3.56. The minimum Gasteiger partial charge on any atom is -0.410 e. The van der Waals surface area contributed by atoms with E-state index < -0.39 is 5.91 Å². The summed E-state index contributed by atoms with van der Waals surface area (Å²) in [5.41, 5.74) is 2.60. The summed E-state index contributed by atoms with van der Waals surface area (Å²) in [6, 6.07) is 16.5. The van der Waals surface area contributed by atoms with Crippen LogP contribution in [-0.2, 0) is 4.79 Å². The second-order valence-corrected chi connectivity index (χ2v) is 4.80. The molecule has 2 aromatic carbocycles. The zero-order valence-corrected chi connectivity index (χ0v) is 12.4. The molecule has 0 bridgehead atoms. The second kappa shape index (κ2) is 7.17. The van der Waals surface area contributed by atoms with Gasteiger partial charge in [0.25, 0.3) is 5.91 Å². The number of hydrogen-bond donors (Lipinski definition) is 2. The van der Waals surface area contributed by atoms with Crippen LogP contribution < -0.4 is 5.32 Å². The Hall–Kier alpha value is -2.95. The van der Waals surface area contributed by atoms with Gasteiger partial charge >= 0.3 is 0 Å². The first-order valence-corrected chi connectivity index (χ1v) is 6.81. The van der Waals surface area contributed by atoms with E-state index >= 15 is 0 Å². The van der Waals surface area contributed by atoms with Gasteiger partial charge in [0.1, 0.15) is 0 Å². The second-order valence-electron chi connectivity index (χ2n) is 4.80. The number of nitrogens with one attached hydrogen (secondary N) is 1. The molecule has 0 radical (unpaired) electrons. The lowest BCUT2D eigenvalue weighted by molar-refractivity contribution is -0.110. The molecule has 22 heavy (non-hydrogen) atoms. The molecule has 0 aromatic heterocycles. The number of benzene rings is 2. The number of carbonyl (C=O) groups excluding carboxylic acids is 1. The largest absolute Gasteiger partial charge is 0.410 e. The van der Waals surface area contributed by atoms with Crippen molar-refractivity contribution in [3.05, 3.63) is 60.2 Å². The Morgan fingerprint density at radius 2 is 1.82 bits per heavy atom. The molecule has 2 N–H and O–H groups in total. The van der Waals surface area contributed by atoms with E-state index in [9.17, 15) is 4.79 Å². The molecule has 0 fully saturated rings. The van der Waals surface area contributed by atoms with Gasteiger partial charge in [-0.25, -0.2) is 0 Å². The highest BCUT2D eigenvalue weighted by molar-refractivity contribution is 6.68. The number of oxime groups is 1. The van der Waals surface area contributed by atoms with Crippen molar-refractivity contribution in [3.8, 4) is 0 Å². The number of rotatable bonds is 4. The summed E-state index contributed by atoms with van der Waals surface area (Å²) in [5.74, 6) is -0.511. The molecule has 0 saturated heterocycles. The van der Waals surface area contributed by atoms with Crippen LogP contribution in [0.1, 0.15) is 12.5 Å². The van der Waals surface area contributed by atoms with Crippen LogP contribution in [-0.4, -0.2) is 22.5 Å². The van der Waals surface area contributed by atoms with Gasteiger partial charge in [0, 0.05) is 5.69 Å². The van der Waals surface area contributed by atoms with Gasteiger partial charge < -0.3 is 10.5 Å². The first-order chi connectivity index (χ1) is 10.6. The normalized spacial score (nSPS) is 12.1. The summed E-state index contributed by atoms with van der Waals surface area (Å²) in [6.45, 7) is 3.58. The number of para-hydroxylation sites is 1. The Kier molecular flexibility index (Phi) is 5.03. The van der Waals surface area contributed by atoms with E-state index in [0.29, 0.717) is 17.1 Å². The highest BCUT2D eigenvalue weighted by Crippen LogP contribution is 2.14. The number of hydrogen-bond acceptors (Lipinski definition) is 4. The maximum atomic E-state index is 12.2. The lowest BCUT2D eigenvalue weighted by Gasteiger charge is -2.06. The minimum atomic E-state index is -0.511. The Bertz CT molecular complexity index is 722.